The van der Waals surface area contributed by atoms with Crippen molar-refractivity contribution in [1.82, 2.24) is 9.62 Å². The second kappa shape index (κ2) is 6.90. The fourth-order valence-electron chi connectivity index (χ4n) is 2.42. The monoisotopic (exact) mass is 310 g/mol. The number of nitrogens with zero attached hydrogens (tertiary/aromatic N) is 1. The first kappa shape index (κ1) is 16.5. The van der Waals surface area contributed by atoms with Crippen LogP contribution in [0.3, 0.4) is 0 Å². The van der Waals surface area contributed by atoms with Crippen LogP contribution in [0, 0.1) is 5.92 Å². The van der Waals surface area contributed by atoms with Crippen molar-refractivity contribution >= 4 is 10.0 Å². The molecule has 1 aliphatic carbocycles. The van der Waals surface area contributed by atoms with Crippen LogP contribution in [0.2, 0.25) is 0 Å². The van der Waals surface area contributed by atoms with Crippen LogP contribution in [0.5, 0.6) is 0 Å². The molecule has 0 amide bonds. The quantitative estimate of drug-likeness (QED) is 0.803. The van der Waals surface area contributed by atoms with E-state index in [2.05, 4.69) is 12.2 Å². The first-order valence-electron chi connectivity index (χ1n) is 7.82. The molecule has 0 aliphatic heterocycles. The first-order chi connectivity index (χ1) is 9.98. The van der Waals surface area contributed by atoms with E-state index in [1.807, 2.05) is 26.0 Å². The number of benzene rings is 1. The predicted octanol–water partition coefficient (Wildman–Crippen LogP) is 2.78. The summed E-state index contributed by atoms with van der Waals surface area (Å²) in [5.74, 6) is 0.842. The van der Waals surface area contributed by atoms with Gasteiger partial charge in [0.1, 0.15) is 0 Å². The Balaban J connectivity index is 2.06. The zero-order valence-electron chi connectivity index (χ0n) is 13.2. The Labute approximate surface area is 128 Å². The zero-order chi connectivity index (χ0) is 15.5. The average molecular weight is 310 g/mol. The van der Waals surface area contributed by atoms with Gasteiger partial charge in [0.15, 0.2) is 0 Å². The topological polar surface area (TPSA) is 49.4 Å². The maximum atomic E-state index is 12.4. The summed E-state index contributed by atoms with van der Waals surface area (Å²) in [6, 6.07) is 7.54. The molecule has 21 heavy (non-hydrogen) atoms. The minimum Gasteiger partial charge on any atom is -0.310 e. The lowest BCUT2D eigenvalue weighted by molar-refractivity contribution is 0.445. The molecule has 0 radical (unpaired) electrons. The molecule has 1 aromatic rings. The van der Waals surface area contributed by atoms with Gasteiger partial charge in [-0.15, -0.1) is 0 Å². The van der Waals surface area contributed by atoms with Crippen LogP contribution in [0.25, 0.3) is 0 Å². The van der Waals surface area contributed by atoms with Gasteiger partial charge >= 0.3 is 0 Å². The van der Waals surface area contributed by atoms with Crippen LogP contribution < -0.4 is 5.32 Å². The van der Waals surface area contributed by atoms with Crippen molar-refractivity contribution in [2.24, 2.45) is 5.92 Å². The first-order valence-corrected chi connectivity index (χ1v) is 9.26. The van der Waals surface area contributed by atoms with E-state index in [1.54, 1.807) is 12.1 Å². The molecule has 0 spiro atoms. The van der Waals surface area contributed by atoms with Crippen molar-refractivity contribution in [2.45, 2.75) is 44.6 Å². The Kier molecular flexibility index (Phi) is 5.41. The van der Waals surface area contributed by atoms with Crippen LogP contribution in [0.4, 0.5) is 0 Å². The number of hydrogen-bond donors (Lipinski definition) is 1. The number of rotatable bonds is 8. The SMILES string of the molecule is CCN(CC)S(=O)(=O)c1ccc(C(C)NCC2CC2)cc1. The van der Waals surface area contributed by atoms with E-state index in [9.17, 15) is 8.42 Å². The van der Waals surface area contributed by atoms with Crippen molar-refractivity contribution in [3.05, 3.63) is 29.8 Å². The largest absolute Gasteiger partial charge is 0.310 e. The van der Waals surface area contributed by atoms with Gasteiger partial charge in [0, 0.05) is 19.1 Å². The van der Waals surface area contributed by atoms with Crippen molar-refractivity contribution in [3.8, 4) is 0 Å². The Bertz CT molecular complexity index is 546. The maximum absolute atomic E-state index is 12.4. The van der Waals surface area contributed by atoms with Crippen LogP contribution in [0.15, 0.2) is 29.2 Å². The van der Waals surface area contributed by atoms with Crippen molar-refractivity contribution in [3.63, 3.8) is 0 Å². The van der Waals surface area contributed by atoms with E-state index in [0.29, 0.717) is 18.0 Å². The lowest BCUT2D eigenvalue weighted by Gasteiger charge is -2.19. The second-order valence-electron chi connectivity index (χ2n) is 5.73. The summed E-state index contributed by atoms with van der Waals surface area (Å²) in [6.45, 7) is 7.90. The van der Waals surface area contributed by atoms with Crippen LogP contribution >= 0.6 is 0 Å². The highest BCUT2D eigenvalue weighted by Crippen LogP contribution is 2.28. The van der Waals surface area contributed by atoms with E-state index in [0.717, 1.165) is 18.0 Å². The molecule has 1 fully saturated rings. The fourth-order valence-corrected chi connectivity index (χ4v) is 3.88. The molecular weight excluding hydrogens is 284 g/mol. The Morgan fingerprint density at radius 2 is 1.76 bits per heavy atom. The summed E-state index contributed by atoms with van der Waals surface area (Å²) < 4.78 is 26.3. The van der Waals surface area contributed by atoms with E-state index >= 15 is 0 Å². The molecule has 4 nitrogen and oxygen atoms in total. The van der Waals surface area contributed by atoms with E-state index in [4.69, 9.17) is 0 Å². The fraction of sp³-hybridized carbons (Fsp3) is 0.625. The lowest BCUT2D eigenvalue weighted by atomic mass is 10.1. The van der Waals surface area contributed by atoms with Gasteiger partial charge in [-0.25, -0.2) is 8.42 Å². The normalized spacial score (nSPS) is 17.1. The van der Waals surface area contributed by atoms with Gasteiger partial charge in [0.25, 0.3) is 0 Å². The van der Waals surface area contributed by atoms with Gasteiger partial charge in [0.2, 0.25) is 10.0 Å². The molecule has 0 bridgehead atoms. The Hall–Kier alpha value is -0.910. The number of nitrogens with one attached hydrogen (secondary N) is 1. The van der Waals surface area contributed by atoms with E-state index in [-0.39, 0.29) is 6.04 Å². The maximum Gasteiger partial charge on any atom is 0.243 e. The average Bonchev–Trinajstić information content (AvgIpc) is 3.30. The van der Waals surface area contributed by atoms with Crippen molar-refractivity contribution in [1.29, 1.82) is 0 Å². The smallest absolute Gasteiger partial charge is 0.243 e. The van der Waals surface area contributed by atoms with Crippen molar-refractivity contribution < 1.29 is 8.42 Å². The number of sulfonamides is 1. The molecule has 0 aromatic heterocycles. The summed E-state index contributed by atoms with van der Waals surface area (Å²) in [4.78, 5) is 0.379. The molecule has 0 heterocycles. The van der Waals surface area contributed by atoms with E-state index in [1.165, 1.54) is 17.1 Å². The summed E-state index contributed by atoms with van der Waals surface area (Å²) in [7, 11) is -3.35. The van der Waals surface area contributed by atoms with Gasteiger partial charge in [-0.3, -0.25) is 0 Å². The summed E-state index contributed by atoms with van der Waals surface area (Å²) in [6.07, 6.45) is 2.67. The molecule has 2 rings (SSSR count). The summed E-state index contributed by atoms with van der Waals surface area (Å²) >= 11 is 0. The van der Waals surface area contributed by atoms with Crippen LogP contribution in [-0.4, -0.2) is 32.4 Å². The minimum absolute atomic E-state index is 0.260. The van der Waals surface area contributed by atoms with Gasteiger partial charge < -0.3 is 5.32 Å². The molecule has 1 atom stereocenters. The van der Waals surface area contributed by atoms with Gasteiger partial charge in [0.05, 0.1) is 4.90 Å². The summed E-state index contributed by atoms with van der Waals surface area (Å²) in [5, 5.41) is 3.50. The van der Waals surface area contributed by atoms with E-state index < -0.39 is 10.0 Å². The van der Waals surface area contributed by atoms with Crippen LogP contribution in [0.1, 0.15) is 45.2 Å². The van der Waals surface area contributed by atoms with Crippen LogP contribution in [-0.2, 0) is 10.0 Å². The Morgan fingerprint density at radius 1 is 1.19 bits per heavy atom. The van der Waals surface area contributed by atoms with Gasteiger partial charge in [-0.2, -0.15) is 4.31 Å². The zero-order valence-corrected chi connectivity index (χ0v) is 14.0. The Morgan fingerprint density at radius 3 is 2.24 bits per heavy atom. The third-order valence-electron chi connectivity index (χ3n) is 4.13. The minimum atomic E-state index is -3.35. The standard InChI is InChI=1S/C16H26N2O2S/c1-4-18(5-2)21(19,20)16-10-8-15(9-11-16)13(3)17-12-14-6-7-14/h8-11,13-14,17H,4-7,12H2,1-3H3. The molecule has 1 unspecified atom stereocenters. The molecule has 118 valence electrons. The highest BCUT2D eigenvalue weighted by molar-refractivity contribution is 7.89. The lowest BCUT2D eigenvalue weighted by Crippen LogP contribution is -2.30. The summed E-state index contributed by atoms with van der Waals surface area (Å²) in [5.41, 5.74) is 1.13. The highest BCUT2D eigenvalue weighted by atomic mass is 32.2. The van der Waals surface area contributed by atoms with Crippen molar-refractivity contribution in [2.75, 3.05) is 19.6 Å². The van der Waals surface area contributed by atoms with Gasteiger partial charge in [-0.05, 0) is 49.9 Å². The molecule has 1 aliphatic rings. The highest BCUT2D eigenvalue weighted by Gasteiger charge is 2.23. The second-order valence-corrected chi connectivity index (χ2v) is 7.67. The molecule has 1 aromatic carbocycles. The molecular formula is C16H26N2O2S. The third kappa shape index (κ3) is 4.05. The molecule has 1 N–H and O–H groups in total. The molecule has 0 saturated heterocycles. The molecule has 1 saturated carbocycles. The van der Waals surface area contributed by atoms with Gasteiger partial charge in [-0.1, -0.05) is 26.0 Å². The predicted molar refractivity (Wildman–Crippen MR) is 85.7 cm³/mol. The number of hydrogen-bond acceptors (Lipinski definition) is 3. The molecule has 5 heteroatoms. The third-order valence-corrected chi connectivity index (χ3v) is 6.20.